The summed E-state index contributed by atoms with van der Waals surface area (Å²) in [6.07, 6.45) is 2.19. The van der Waals surface area contributed by atoms with E-state index in [-0.39, 0.29) is 29.0 Å². The molecular formula is C26H29N5O4. The number of amides is 3. The van der Waals surface area contributed by atoms with Crippen LogP contribution in [0, 0.1) is 5.92 Å². The van der Waals surface area contributed by atoms with Gasteiger partial charge in [-0.15, -0.1) is 0 Å². The summed E-state index contributed by atoms with van der Waals surface area (Å²) >= 11 is 0. The molecule has 1 saturated heterocycles. The van der Waals surface area contributed by atoms with Crippen molar-refractivity contribution in [2.24, 2.45) is 5.92 Å². The zero-order valence-corrected chi connectivity index (χ0v) is 19.7. The summed E-state index contributed by atoms with van der Waals surface area (Å²) in [6.45, 7) is 3.10. The maximum atomic E-state index is 12.8. The van der Waals surface area contributed by atoms with Crippen molar-refractivity contribution in [1.29, 1.82) is 0 Å². The van der Waals surface area contributed by atoms with Crippen LogP contribution in [0.2, 0.25) is 0 Å². The van der Waals surface area contributed by atoms with Crippen LogP contribution >= 0.6 is 0 Å². The number of carbonyl (C=O) groups is 3. The summed E-state index contributed by atoms with van der Waals surface area (Å²) < 4.78 is 1.23. The Morgan fingerprint density at radius 2 is 1.60 bits per heavy atom. The van der Waals surface area contributed by atoms with Gasteiger partial charge in [0, 0.05) is 37.4 Å². The van der Waals surface area contributed by atoms with Crippen molar-refractivity contribution in [3.8, 4) is 0 Å². The number of hydrazine groups is 1. The molecule has 9 nitrogen and oxygen atoms in total. The average molecular weight is 476 g/mol. The minimum absolute atomic E-state index is 0.0705. The summed E-state index contributed by atoms with van der Waals surface area (Å²) in [5, 5.41) is 5.00. The van der Waals surface area contributed by atoms with Crippen molar-refractivity contribution >= 4 is 28.5 Å². The molecule has 3 aromatic rings. The molecule has 182 valence electrons. The van der Waals surface area contributed by atoms with E-state index in [1.807, 2.05) is 30.3 Å². The Kier molecular flexibility index (Phi) is 7.54. The molecule has 35 heavy (non-hydrogen) atoms. The van der Waals surface area contributed by atoms with Gasteiger partial charge in [0.05, 0.1) is 5.39 Å². The fourth-order valence-electron chi connectivity index (χ4n) is 4.34. The first-order valence-electron chi connectivity index (χ1n) is 11.9. The van der Waals surface area contributed by atoms with Crippen molar-refractivity contribution in [2.75, 3.05) is 13.1 Å². The van der Waals surface area contributed by atoms with Crippen LogP contribution in [-0.4, -0.2) is 45.5 Å². The molecule has 4 rings (SSSR count). The lowest BCUT2D eigenvalue weighted by Crippen LogP contribution is -2.48. The molecule has 1 aliphatic heterocycles. The Morgan fingerprint density at radius 1 is 0.943 bits per heavy atom. The van der Waals surface area contributed by atoms with Gasteiger partial charge < -0.3 is 4.90 Å². The molecule has 2 heterocycles. The summed E-state index contributed by atoms with van der Waals surface area (Å²) in [5.41, 5.74) is 5.85. The van der Waals surface area contributed by atoms with Crippen LogP contribution in [0.25, 0.3) is 10.8 Å². The van der Waals surface area contributed by atoms with Crippen molar-refractivity contribution in [1.82, 2.24) is 25.5 Å². The van der Waals surface area contributed by atoms with E-state index < -0.39 is 5.91 Å². The largest absolute Gasteiger partial charge is 0.343 e. The number of benzene rings is 2. The van der Waals surface area contributed by atoms with Gasteiger partial charge in [-0.2, -0.15) is 5.10 Å². The summed E-state index contributed by atoms with van der Waals surface area (Å²) in [4.78, 5) is 52.3. The molecule has 1 aliphatic rings. The minimum atomic E-state index is -0.592. The highest BCUT2D eigenvalue weighted by Gasteiger charge is 2.27. The lowest BCUT2D eigenvalue weighted by atomic mass is 9.95. The first kappa shape index (κ1) is 24.1. The van der Waals surface area contributed by atoms with Crippen LogP contribution in [-0.2, 0) is 22.6 Å². The smallest absolute Gasteiger partial charge is 0.290 e. The highest BCUT2D eigenvalue weighted by Crippen LogP contribution is 2.19. The molecule has 0 saturated carbocycles. The Morgan fingerprint density at radius 3 is 2.29 bits per heavy atom. The predicted octanol–water partition coefficient (Wildman–Crippen LogP) is 2.05. The molecule has 2 N–H and O–H groups in total. The summed E-state index contributed by atoms with van der Waals surface area (Å²) in [6, 6.07) is 16.6. The normalized spacial score (nSPS) is 14.0. The Labute approximate surface area is 203 Å². The number of aromatic nitrogens is 2. The molecule has 0 aliphatic carbocycles. The SMILES string of the molecule is CCn1nc(C(=O)NNC(=O)C2CCN(C(=O)CCc3ccccc3)CC2)c2ccccc2c1=O. The van der Waals surface area contributed by atoms with Gasteiger partial charge in [-0.25, -0.2) is 4.68 Å². The molecule has 0 unspecified atom stereocenters. The van der Waals surface area contributed by atoms with Gasteiger partial charge in [0.1, 0.15) is 0 Å². The van der Waals surface area contributed by atoms with Crippen LogP contribution < -0.4 is 16.4 Å². The molecule has 0 spiro atoms. The number of carbonyl (C=O) groups excluding carboxylic acids is 3. The van der Waals surface area contributed by atoms with Crippen LogP contribution in [0.5, 0.6) is 0 Å². The number of hydrogen-bond donors (Lipinski definition) is 2. The van der Waals surface area contributed by atoms with E-state index in [1.165, 1.54) is 4.68 Å². The number of rotatable bonds is 6. The third-order valence-corrected chi connectivity index (χ3v) is 6.37. The molecule has 3 amide bonds. The van der Waals surface area contributed by atoms with Gasteiger partial charge >= 0.3 is 0 Å². The van der Waals surface area contributed by atoms with E-state index in [1.54, 1.807) is 36.1 Å². The van der Waals surface area contributed by atoms with E-state index in [9.17, 15) is 19.2 Å². The molecule has 0 atom stereocenters. The lowest BCUT2D eigenvalue weighted by molar-refractivity contribution is -0.135. The highest BCUT2D eigenvalue weighted by molar-refractivity contribution is 6.05. The van der Waals surface area contributed by atoms with E-state index in [4.69, 9.17) is 0 Å². The zero-order valence-electron chi connectivity index (χ0n) is 19.7. The van der Waals surface area contributed by atoms with Gasteiger partial charge in [-0.05, 0) is 37.8 Å². The van der Waals surface area contributed by atoms with Gasteiger partial charge in [0.2, 0.25) is 11.8 Å². The zero-order chi connectivity index (χ0) is 24.8. The van der Waals surface area contributed by atoms with Gasteiger partial charge in [-0.3, -0.25) is 30.0 Å². The predicted molar refractivity (Wildman–Crippen MR) is 131 cm³/mol. The lowest BCUT2D eigenvalue weighted by Gasteiger charge is -2.31. The van der Waals surface area contributed by atoms with Crippen LogP contribution in [0.1, 0.15) is 42.2 Å². The Balaban J connectivity index is 1.30. The Hall–Kier alpha value is -4.01. The first-order valence-corrected chi connectivity index (χ1v) is 11.9. The fourth-order valence-corrected chi connectivity index (χ4v) is 4.34. The van der Waals surface area contributed by atoms with Crippen molar-refractivity contribution < 1.29 is 14.4 Å². The molecule has 0 bridgehead atoms. The molecule has 1 fully saturated rings. The second-order valence-corrected chi connectivity index (χ2v) is 8.60. The van der Waals surface area contributed by atoms with E-state index in [2.05, 4.69) is 16.0 Å². The number of likely N-dealkylation sites (tertiary alicyclic amines) is 1. The van der Waals surface area contributed by atoms with Crippen LogP contribution in [0.15, 0.2) is 59.4 Å². The average Bonchev–Trinajstić information content (AvgIpc) is 2.91. The molecule has 1 aromatic heterocycles. The highest BCUT2D eigenvalue weighted by atomic mass is 16.2. The molecule has 0 radical (unpaired) electrons. The Bertz CT molecular complexity index is 1280. The fraction of sp³-hybridized carbons (Fsp3) is 0.346. The minimum Gasteiger partial charge on any atom is -0.343 e. The van der Waals surface area contributed by atoms with Crippen LogP contribution in [0.3, 0.4) is 0 Å². The molecule has 9 heteroatoms. The van der Waals surface area contributed by atoms with E-state index in [0.29, 0.717) is 56.1 Å². The second kappa shape index (κ2) is 10.9. The number of nitrogens with zero attached hydrogens (tertiary/aromatic N) is 3. The first-order chi connectivity index (χ1) is 17.0. The van der Waals surface area contributed by atoms with E-state index >= 15 is 0 Å². The standard InChI is InChI=1S/C26H29N5O4/c1-2-31-26(35)21-11-7-6-10-20(21)23(29-31)25(34)28-27-24(33)19-14-16-30(17-15-19)22(32)13-12-18-8-4-3-5-9-18/h3-11,19H,2,12-17H2,1H3,(H,27,33)(H,28,34). The summed E-state index contributed by atoms with van der Waals surface area (Å²) in [5.74, 6) is -1.11. The number of aryl methyl sites for hydroxylation is 2. The van der Waals surface area contributed by atoms with Crippen molar-refractivity contribution in [3.63, 3.8) is 0 Å². The summed E-state index contributed by atoms with van der Waals surface area (Å²) in [7, 11) is 0. The van der Waals surface area contributed by atoms with Crippen LogP contribution in [0.4, 0.5) is 0 Å². The van der Waals surface area contributed by atoms with Gasteiger partial charge in [0.25, 0.3) is 11.5 Å². The second-order valence-electron chi connectivity index (χ2n) is 8.60. The maximum Gasteiger partial charge on any atom is 0.290 e. The molecule has 2 aromatic carbocycles. The van der Waals surface area contributed by atoms with Gasteiger partial charge in [0.15, 0.2) is 5.69 Å². The van der Waals surface area contributed by atoms with E-state index in [0.717, 1.165) is 5.56 Å². The number of hydrogen-bond acceptors (Lipinski definition) is 5. The number of fused-ring (bicyclic) bond motifs is 1. The third-order valence-electron chi connectivity index (χ3n) is 6.37. The molecular weight excluding hydrogens is 446 g/mol. The van der Waals surface area contributed by atoms with Crippen molar-refractivity contribution in [2.45, 2.75) is 39.2 Å². The quantitative estimate of drug-likeness (QED) is 0.530. The topological polar surface area (TPSA) is 113 Å². The monoisotopic (exact) mass is 475 g/mol. The number of piperidine rings is 1. The van der Waals surface area contributed by atoms with Gasteiger partial charge in [-0.1, -0.05) is 48.5 Å². The maximum absolute atomic E-state index is 12.8. The third kappa shape index (κ3) is 5.56. The van der Waals surface area contributed by atoms with Crippen molar-refractivity contribution in [3.05, 3.63) is 76.2 Å². The number of nitrogens with one attached hydrogen (secondary N) is 2.